The maximum Gasteiger partial charge on any atom is 0.307 e. The van der Waals surface area contributed by atoms with Crippen LogP contribution in [-0.4, -0.2) is 50.2 Å². The summed E-state index contributed by atoms with van der Waals surface area (Å²) in [5.41, 5.74) is 0. The molecule has 1 rings (SSSR count). The molecule has 134 valence electrons. The molecule has 0 unspecified atom stereocenters. The molecule has 24 heavy (non-hydrogen) atoms. The Labute approximate surface area is 143 Å². The normalized spacial score (nSPS) is 10.1. The van der Waals surface area contributed by atoms with E-state index < -0.39 is 0 Å². The SMILES string of the molecule is CCCCN(CCC(=O)OCC)C(=O)COc1cccc(OC)c1. The van der Waals surface area contributed by atoms with Gasteiger partial charge in [0.1, 0.15) is 11.5 Å². The number of carbonyl (C=O) groups is 2. The van der Waals surface area contributed by atoms with E-state index in [2.05, 4.69) is 6.92 Å². The number of ether oxygens (including phenoxy) is 3. The molecule has 0 saturated heterocycles. The third-order valence-electron chi connectivity index (χ3n) is 3.43. The molecule has 0 bridgehead atoms. The maximum absolute atomic E-state index is 12.4. The van der Waals surface area contributed by atoms with Gasteiger partial charge >= 0.3 is 5.97 Å². The van der Waals surface area contributed by atoms with Gasteiger partial charge in [-0.05, 0) is 25.5 Å². The first-order chi connectivity index (χ1) is 11.6. The van der Waals surface area contributed by atoms with E-state index in [4.69, 9.17) is 14.2 Å². The zero-order valence-corrected chi connectivity index (χ0v) is 14.7. The van der Waals surface area contributed by atoms with Gasteiger partial charge in [0.05, 0.1) is 20.1 Å². The van der Waals surface area contributed by atoms with Crippen LogP contribution < -0.4 is 9.47 Å². The van der Waals surface area contributed by atoms with Gasteiger partial charge in [-0.15, -0.1) is 0 Å². The minimum Gasteiger partial charge on any atom is -0.497 e. The Morgan fingerprint density at radius 1 is 1.12 bits per heavy atom. The van der Waals surface area contributed by atoms with Crippen LogP contribution in [0.4, 0.5) is 0 Å². The van der Waals surface area contributed by atoms with Gasteiger partial charge in [-0.25, -0.2) is 0 Å². The quantitative estimate of drug-likeness (QED) is 0.581. The van der Waals surface area contributed by atoms with Gasteiger partial charge in [0.25, 0.3) is 5.91 Å². The van der Waals surface area contributed by atoms with E-state index in [1.165, 1.54) is 0 Å². The summed E-state index contributed by atoms with van der Waals surface area (Å²) in [6.45, 7) is 5.05. The Balaban J connectivity index is 2.54. The Morgan fingerprint density at radius 2 is 1.88 bits per heavy atom. The van der Waals surface area contributed by atoms with Crippen molar-refractivity contribution in [3.63, 3.8) is 0 Å². The minimum atomic E-state index is -0.291. The molecule has 0 heterocycles. The molecule has 1 amide bonds. The van der Waals surface area contributed by atoms with E-state index in [0.717, 1.165) is 12.8 Å². The highest BCUT2D eigenvalue weighted by molar-refractivity contribution is 5.78. The highest BCUT2D eigenvalue weighted by Crippen LogP contribution is 2.18. The minimum absolute atomic E-state index is 0.0697. The van der Waals surface area contributed by atoms with Crippen LogP contribution in [0, 0.1) is 0 Å². The van der Waals surface area contributed by atoms with Gasteiger partial charge in [-0.2, -0.15) is 0 Å². The van der Waals surface area contributed by atoms with Crippen LogP contribution in [0.25, 0.3) is 0 Å². The molecule has 0 atom stereocenters. The van der Waals surface area contributed by atoms with Crippen LogP contribution in [0.5, 0.6) is 11.5 Å². The lowest BCUT2D eigenvalue weighted by molar-refractivity contribution is -0.144. The first-order valence-corrected chi connectivity index (χ1v) is 8.30. The van der Waals surface area contributed by atoms with Gasteiger partial charge in [0.2, 0.25) is 0 Å². The second-order valence-corrected chi connectivity index (χ2v) is 5.26. The molecular weight excluding hydrogens is 310 g/mol. The first-order valence-electron chi connectivity index (χ1n) is 8.30. The summed E-state index contributed by atoms with van der Waals surface area (Å²) in [5, 5.41) is 0. The molecule has 0 aromatic heterocycles. The summed E-state index contributed by atoms with van der Waals surface area (Å²) in [4.78, 5) is 25.5. The van der Waals surface area contributed by atoms with Crippen molar-refractivity contribution in [3.8, 4) is 11.5 Å². The highest BCUT2D eigenvalue weighted by Gasteiger charge is 2.16. The lowest BCUT2D eigenvalue weighted by atomic mass is 10.3. The van der Waals surface area contributed by atoms with Crippen molar-refractivity contribution in [2.45, 2.75) is 33.1 Å². The van der Waals surface area contributed by atoms with Crippen LogP contribution in [0.3, 0.4) is 0 Å². The Kier molecular flexibility index (Phi) is 9.34. The number of hydrogen-bond acceptors (Lipinski definition) is 5. The van der Waals surface area contributed by atoms with Crippen molar-refractivity contribution in [3.05, 3.63) is 24.3 Å². The van der Waals surface area contributed by atoms with E-state index >= 15 is 0 Å². The summed E-state index contributed by atoms with van der Waals surface area (Å²) in [7, 11) is 1.58. The van der Waals surface area contributed by atoms with E-state index in [1.54, 1.807) is 37.1 Å². The molecule has 0 spiro atoms. The zero-order valence-electron chi connectivity index (χ0n) is 14.7. The van der Waals surface area contributed by atoms with Gasteiger partial charge in [0, 0.05) is 19.2 Å². The number of nitrogens with zero attached hydrogens (tertiary/aromatic N) is 1. The van der Waals surface area contributed by atoms with Crippen molar-refractivity contribution < 1.29 is 23.8 Å². The highest BCUT2D eigenvalue weighted by atomic mass is 16.5. The van der Waals surface area contributed by atoms with Crippen LogP contribution in [0.15, 0.2) is 24.3 Å². The van der Waals surface area contributed by atoms with Crippen molar-refractivity contribution in [2.24, 2.45) is 0 Å². The topological polar surface area (TPSA) is 65.1 Å². The van der Waals surface area contributed by atoms with E-state index in [9.17, 15) is 9.59 Å². The summed E-state index contributed by atoms with van der Waals surface area (Å²) >= 11 is 0. The fourth-order valence-corrected chi connectivity index (χ4v) is 2.10. The Hall–Kier alpha value is -2.24. The van der Waals surface area contributed by atoms with Crippen molar-refractivity contribution in [1.82, 2.24) is 4.90 Å². The molecule has 1 aromatic carbocycles. The molecule has 1 aromatic rings. The molecule has 6 heteroatoms. The lowest BCUT2D eigenvalue weighted by Crippen LogP contribution is -2.37. The first kappa shape index (κ1) is 19.8. The average molecular weight is 337 g/mol. The number of carbonyl (C=O) groups excluding carboxylic acids is 2. The molecule has 0 aliphatic rings. The number of benzene rings is 1. The average Bonchev–Trinajstić information content (AvgIpc) is 2.60. The third-order valence-corrected chi connectivity index (χ3v) is 3.43. The van der Waals surface area contributed by atoms with Gasteiger partial charge in [0.15, 0.2) is 6.61 Å². The second kappa shape index (κ2) is 11.3. The molecule has 0 fully saturated rings. The molecule has 0 N–H and O–H groups in total. The number of esters is 1. The maximum atomic E-state index is 12.4. The molecular formula is C18H27NO5. The van der Waals surface area contributed by atoms with Gasteiger partial charge in [-0.1, -0.05) is 19.4 Å². The number of rotatable bonds is 11. The van der Waals surface area contributed by atoms with Gasteiger partial charge in [-0.3, -0.25) is 9.59 Å². The predicted octanol–water partition coefficient (Wildman–Crippen LogP) is 2.66. The molecule has 0 aliphatic carbocycles. The summed E-state index contributed by atoms with van der Waals surface area (Å²) in [6.07, 6.45) is 2.05. The fourth-order valence-electron chi connectivity index (χ4n) is 2.10. The third kappa shape index (κ3) is 7.35. The Bertz CT molecular complexity index is 518. The van der Waals surface area contributed by atoms with Crippen LogP contribution in [-0.2, 0) is 14.3 Å². The largest absolute Gasteiger partial charge is 0.497 e. The summed E-state index contributed by atoms with van der Waals surface area (Å²) in [5.74, 6) is 0.810. The van der Waals surface area contributed by atoms with Crippen LogP contribution in [0.1, 0.15) is 33.1 Å². The molecule has 0 saturated carbocycles. The standard InChI is InChI=1S/C18H27NO5/c1-4-6-11-19(12-10-18(21)23-5-2)17(20)14-24-16-9-7-8-15(13-16)22-3/h7-9,13H,4-6,10-12,14H2,1-3H3. The van der Waals surface area contributed by atoms with E-state index in [0.29, 0.717) is 31.2 Å². The predicted molar refractivity (Wildman–Crippen MR) is 91.2 cm³/mol. The summed E-state index contributed by atoms with van der Waals surface area (Å²) < 4.78 is 15.6. The van der Waals surface area contributed by atoms with E-state index in [-0.39, 0.29) is 24.9 Å². The molecule has 0 radical (unpaired) electrons. The number of methoxy groups -OCH3 is 1. The smallest absolute Gasteiger partial charge is 0.307 e. The van der Waals surface area contributed by atoms with Crippen LogP contribution >= 0.6 is 0 Å². The fraction of sp³-hybridized carbons (Fsp3) is 0.556. The van der Waals surface area contributed by atoms with Crippen molar-refractivity contribution in [1.29, 1.82) is 0 Å². The van der Waals surface area contributed by atoms with Crippen molar-refractivity contribution in [2.75, 3.05) is 33.4 Å². The number of amides is 1. The number of hydrogen-bond donors (Lipinski definition) is 0. The lowest BCUT2D eigenvalue weighted by Gasteiger charge is -2.22. The van der Waals surface area contributed by atoms with E-state index in [1.807, 2.05) is 6.07 Å². The summed E-state index contributed by atoms with van der Waals surface area (Å²) in [6, 6.07) is 7.10. The Morgan fingerprint density at radius 3 is 2.54 bits per heavy atom. The second-order valence-electron chi connectivity index (χ2n) is 5.26. The van der Waals surface area contributed by atoms with Crippen LogP contribution in [0.2, 0.25) is 0 Å². The van der Waals surface area contributed by atoms with Crippen molar-refractivity contribution >= 4 is 11.9 Å². The number of unbranched alkanes of at least 4 members (excludes halogenated alkanes) is 1. The monoisotopic (exact) mass is 337 g/mol. The van der Waals surface area contributed by atoms with Gasteiger partial charge < -0.3 is 19.1 Å². The zero-order chi connectivity index (χ0) is 17.8. The molecule has 0 aliphatic heterocycles. The molecule has 6 nitrogen and oxygen atoms in total.